The fraction of sp³-hybridized carbons (Fsp3) is 0.304. The highest BCUT2D eigenvalue weighted by Gasteiger charge is 2.25. The molecule has 1 aliphatic heterocycles. The summed E-state index contributed by atoms with van der Waals surface area (Å²) < 4.78 is 0. The summed E-state index contributed by atoms with van der Waals surface area (Å²) in [6.45, 7) is 1.94. The summed E-state index contributed by atoms with van der Waals surface area (Å²) in [5.41, 5.74) is 2.53. The molecule has 1 N–H and O–H groups in total. The van der Waals surface area contributed by atoms with Crippen LogP contribution in [-0.2, 0) is 17.8 Å². The third-order valence-electron chi connectivity index (χ3n) is 5.09. The molecule has 0 aromatic heterocycles. The van der Waals surface area contributed by atoms with Crippen molar-refractivity contribution in [3.05, 3.63) is 82.5 Å². The van der Waals surface area contributed by atoms with E-state index in [0.29, 0.717) is 30.6 Å². The van der Waals surface area contributed by atoms with Crippen LogP contribution in [0, 0.1) is 17.2 Å². The standard InChI is InChI=1S/C23H24ClN3O/c24-22-8-6-20(7-9-22)16-26-17-21(15-25)23(28)27-12-10-19(11-13-27)14-18-4-2-1-3-5-18/h1-9,17,19,26H,10-14,16H2/b21-17-. The fourth-order valence-electron chi connectivity index (χ4n) is 3.47. The van der Waals surface area contributed by atoms with E-state index in [1.807, 2.05) is 36.4 Å². The first-order valence-electron chi connectivity index (χ1n) is 9.57. The molecule has 0 bridgehead atoms. The average Bonchev–Trinajstić information content (AvgIpc) is 2.73. The number of nitrogens with one attached hydrogen (secondary N) is 1. The third-order valence-corrected chi connectivity index (χ3v) is 5.34. The van der Waals surface area contributed by atoms with E-state index >= 15 is 0 Å². The van der Waals surface area contributed by atoms with E-state index in [1.165, 1.54) is 11.8 Å². The minimum absolute atomic E-state index is 0.149. The molecule has 0 radical (unpaired) electrons. The Labute approximate surface area is 171 Å². The number of likely N-dealkylation sites (tertiary alicyclic amines) is 1. The Bertz CT molecular complexity index is 848. The van der Waals surface area contributed by atoms with E-state index in [2.05, 4.69) is 29.6 Å². The molecule has 0 spiro atoms. The lowest BCUT2D eigenvalue weighted by Crippen LogP contribution is -2.39. The topological polar surface area (TPSA) is 56.1 Å². The van der Waals surface area contributed by atoms with Crippen molar-refractivity contribution in [1.82, 2.24) is 10.2 Å². The van der Waals surface area contributed by atoms with Crippen molar-refractivity contribution in [2.75, 3.05) is 13.1 Å². The van der Waals surface area contributed by atoms with Crippen molar-refractivity contribution in [2.45, 2.75) is 25.8 Å². The summed E-state index contributed by atoms with van der Waals surface area (Å²) in [6.07, 6.45) is 4.51. The largest absolute Gasteiger partial charge is 0.386 e. The van der Waals surface area contributed by atoms with Gasteiger partial charge in [0.2, 0.25) is 0 Å². The van der Waals surface area contributed by atoms with Gasteiger partial charge in [0, 0.05) is 30.9 Å². The number of nitrogens with zero attached hydrogens (tertiary/aromatic N) is 2. The Kier molecular flexibility index (Phi) is 7.11. The average molecular weight is 394 g/mol. The predicted octanol–water partition coefficient (Wildman–Crippen LogP) is 4.32. The van der Waals surface area contributed by atoms with E-state index < -0.39 is 0 Å². The molecule has 0 aliphatic carbocycles. The molecule has 3 rings (SSSR count). The van der Waals surface area contributed by atoms with Crippen LogP contribution in [0.25, 0.3) is 0 Å². The zero-order valence-corrected chi connectivity index (χ0v) is 16.5. The zero-order chi connectivity index (χ0) is 19.8. The second kappa shape index (κ2) is 9.96. The molecule has 4 nitrogen and oxygen atoms in total. The molecule has 2 aromatic carbocycles. The lowest BCUT2D eigenvalue weighted by Gasteiger charge is -2.32. The Morgan fingerprint density at radius 1 is 1.11 bits per heavy atom. The molecular weight excluding hydrogens is 370 g/mol. The van der Waals surface area contributed by atoms with Gasteiger partial charge in [-0.15, -0.1) is 0 Å². The molecule has 1 aliphatic rings. The summed E-state index contributed by atoms with van der Waals surface area (Å²) >= 11 is 5.88. The molecular formula is C23H24ClN3O. The summed E-state index contributed by atoms with van der Waals surface area (Å²) in [7, 11) is 0. The Morgan fingerprint density at radius 3 is 2.43 bits per heavy atom. The molecule has 0 saturated carbocycles. The highest BCUT2D eigenvalue weighted by atomic mass is 35.5. The molecule has 0 atom stereocenters. The van der Waals surface area contributed by atoms with Crippen LogP contribution in [-0.4, -0.2) is 23.9 Å². The first-order valence-corrected chi connectivity index (χ1v) is 9.95. The van der Waals surface area contributed by atoms with Gasteiger partial charge in [0.1, 0.15) is 11.6 Å². The fourth-order valence-corrected chi connectivity index (χ4v) is 3.60. The van der Waals surface area contributed by atoms with Crippen LogP contribution in [0.5, 0.6) is 0 Å². The number of hydrogen-bond acceptors (Lipinski definition) is 3. The number of rotatable bonds is 6. The van der Waals surface area contributed by atoms with Crippen molar-refractivity contribution in [3.8, 4) is 6.07 Å². The van der Waals surface area contributed by atoms with Gasteiger partial charge in [-0.1, -0.05) is 54.1 Å². The predicted molar refractivity (Wildman–Crippen MR) is 111 cm³/mol. The number of benzene rings is 2. The number of hydrogen-bond donors (Lipinski definition) is 1. The highest BCUT2D eigenvalue weighted by molar-refractivity contribution is 6.30. The van der Waals surface area contributed by atoms with Crippen LogP contribution >= 0.6 is 11.6 Å². The number of piperidine rings is 1. The zero-order valence-electron chi connectivity index (χ0n) is 15.8. The van der Waals surface area contributed by atoms with Gasteiger partial charge in [0.25, 0.3) is 5.91 Å². The molecule has 2 aromatic rings. The van der Waals surface area contributed by atoms with Gasteiger partial charge in [-0.2, -0.15) is 5.26 Å². The van der Waals surface area contributed by atoms with Gasteiger partial charge < -0.3 is 10.2 Å². The number of amides is 1. The number of nitriles is 1. The quantitative estimate of drug-likeness (QED) is 0.587. The summed E-state index contributed by atoms with van der Waals surface area (Å²) in [5.74, 6) is 0.397. The molecule has 1 heterocycles. The molecule has 0 unspecified atom stereocenters. The molecule has 1 amide bonds. The lowest BCUT2D eigenvalue weighted by atomic mass is 9.90. The third kappa shape index (κ3) is 5.61. The van der Waals surface area contributed by atoms with Gasteiger partial charge in [0.05, 0.1) is 0 Å². The van der Waals surface area contributed by atoms with E-state index in [1.54, 1.807) is 4.90 Å². The minimum Gasteiger partial charge on any atom is -0.386 e. The van der Waals surface area contributed by atoms with Crippen LogP contribution in [0.1, 0.15) is 24.0 Å². The van der Waals surface area contributed by atoms with Gasteiger partial charge in [-0.3, -0.25) is 4.79 Å². The smallest absolute Gasteiger partial charge is 0.265 e. The highest BCUT2D eigenvalue weighted by Crippen LogP contribution is 2.22. The van der Waals surface area contributed by atoms with Gasteiger partial charge in [-0.05, 0) is 48.4 Å². The first kappa shape index (κ1) is 20.0. The minimum atomic E-state index is -0.190. The summed E-state index contributed by atoms with van der Waals surface area (Å²) in [6, 6.07) is 20.0. The van der Waals surface area contributed by atoms with Gasteiger partial charge in [0.15, 0.2) is 0 Å². The monoisotopic (exact) mass is 393 g/mol. The maximum atomic E-state index is 12.7. The van der Waals surface area contributed by atoms with Gasteiger partial charge in [-0.25, -0.2) is 0 Å². The number of halogens is 1. The van der Waals surface area contributed by atoms with Crippen LogP contribution in [0.3, 0.4) is 0 Å². The first-order chi connectivity index (χ1) is 13.7. The van der Waals surface area contributed by atoms with Crippen LogP contribution in [0.15, 0.2) is 66.4 Å². The maximum Gasteiger partial charge on any atom is 0.265 e. The lowest BCUT2D eigenvalue weighted by molar-refractivity contribution is -0.128. The second-order valence-corrected chi connectivity index (χ2v) is 7.54. The molecule has 1 saturated heterocycles. The normalized spacial score (nSPS) is 15.1. The molecule has 144 valence electrons. The van der Waals surface area contributed by atoms with Crippen molar-refractivity contribution in [2.24, 2.45) is 5.92 Å². The number of carbonyl (C=O) groups excluding carboxylic acids is 1. The van der Waals surface area contributed by atoms with Crippen molar-refractivity contribution >= 4 is 17.5 Å². The van der Waals surface area contributed by atoms with Crippen molar-refractivity contribution < 1.29 is 4.79 Å². The Balaban J connectivity index is 1.49. The van der Waals surface area contributed by atoms with E-state index in [4.69, 9.17) is 11.6 Å². The molecule has 1 fully saturated rings. The van der Waals surface area contributed by atoms with E-state index in [-0.39, 0.29) is 11.5 Å². The SMILES string of the molecule is N#C/C(=C/NCc1ccc(Cl)cc1)C(=O)N1CCC(Cc2ccccc2)CC1. The van der Waals surface area contributed by atoms with E-state index in [0.717, 1.165) is 24.8 Å². The van der Waals surface area contributed by atoms with Crippen molar-refractivity contribution in [3.63, 3.8) is 0 Å². The summed E-state index contributed by atoms with van der Waals surface area (Å²) in [5, 5.41) is 13.1. The van der Waals surface area contributed by atoms with Crippen molar-refractivity contribution in [1.29, 1.82) is 5.26 Å². The maximum absolute atomic E-state index is 12.7. The molecule has 5 heteroatoms. The second-order valence-electron chi connectivity index (χ2n) is 7.10. The van der Waals surface area contributed by atoms with Crippen LogP contribution in [0.4, 0.5) is 0 Å². The Morgan fingerprint density at radius 2 is 1.79 bits per heavy atom. The summed E-state index contributed by atoms with van der Waals surface area (Å²) in [4.78, 5) is 14.5. The Hall–Kier alpha value is -2.77. The molecule has 28 heavy (non-hydrogen) atoms. The van der Waals surface area contributed by atoms with Crippen LogP contribution in [0.2, 0.25) is 5.02 Å². The van der Waals surface area contributed by atoms with Gasteiger partial charge >= 0.3 is 0 Å². The number of carbonyl (C=O) groups is 1. The van der Waals surface area contributed by atoms with E-state index in [9.17, 15) is 10.1 Å². The van der Waals surface area contributed by atoms with Crippen LogP contribution < -0.4 is 5.32 Å².